The number of carbonyl (C=O) groups excluding carboxylic acids is 1. The van der Waals surface area contributed by atoms with Crippen LogP contribution in [0.1, 0.15) is 17.3 Å². The highest BCUT2D eigenvalue weighted by molar-refractivity contribution is 6.30. The minimum Gasteiger partial charge on any atom is -0.454 e. The molecule has 92 valence electrons. The first kappa shape index (κ1) is 12.6. The number of para-hydroxylation sites is 1. The summed E-state index contributed by atoms with van der Waals surface area (Å²) in [6.45, 7) is 1.36. The van der Waals surface area contributed by atoms with E-state index in [1.807, 2.05) is 0 Å². The van der Waals surface area contributed by atoms with Crippen molar-refractivity contribution in [3.05, 3.63) is 58.9 Å². The fraction of sp³-hybridized carbons (Fsp3) is 0.0714. The van der Waals surface area contributed by atoms with E-state index < -0.39 is 5.82 Å². The Morgan fingerprint density at radius 3 is 2.44 bits per heavy atom. The van der Waals surface area contributed by atoms with Gasteiger partial charge in [-0.3, -0.25) is 4.79 Å². The number of halogens is 2. The van der Waals surface area contributed by atoms with Crippen LogP contribution in [0.2, 0.25) is 5.02 Å². The van der Waals surface area contributed by atoms with Crippen molar-refractivity contribution >= 4 is 17.4 Å². The maximum atomic E-state index is 13.7. The lowest BCUT2D eigenvalue weighted by Crippen LogP contribution is -1.99. The molecule has 2 rings (SSSR count). The Morgan fingerprint density at radius 1 is 1.17 bits per heavy atom. The molecule has 2 aromatic rings. The van der Waals surface area contributed by atoms with E-state index in [1.165, 1.54) is 25.1 Å². The van der Waals surface area contributed by atoms with Gasteiger partial charge in [0.2, 0.25) is 0 Å². The Bertz CT molecular complexity index is 579. The molecule has 2 aromatic carbocycles. The van der Waals surface area contributed by atoms with Gasteiger partial charge in [-0.15, -0.1) is 0 Å². The van der Waals surface area contributed by atoms with Crippen LogP contribution >= 0.6 is 11.6 Å². The summed E-state index contributed by atoms with van der Waals surface area (Å²) in [6, 6.07) is 10.7. The van der Waals surface area contributed by atoms with Gasteiger partial charge in [0.1, 0.15) is 5.75 Å². The molecule has 0 bridgehead atoms. The number of hydrogen-bond acceptors (Lipinski definition) is 2. The predicted molar refractivity (Wildman–Crippen MR) is 67.9 cm³/mol. The highest BCUT2D eigenvalue weighted by Gasteiger charge is 2.14. The molecule has 0 saturated heterocycles. The molecular formula is C14H10ClFO2. The molecule has 0 aromatic heterocycles. The monoisotopic (exact) mass is 264 g/mol. The SMILES string of the molecule is CC(=O)c1cccc(F)c1Oc1ccc(Cl)cc1. The molecule has 0 atom stereocenters. The Balaban J connectivity index is 2.39. The van der Waals surface area contributed by atoms with Crippen molar-refractivity contribution in [1.29, 1.82) is 0 Å². The number of ketones is 1. The molecule has 4 heteroatoms. The summed E-state index contributed by atoms with van der Waals surface area (Å²) in [4.78, 5) is 11.4. The van der Waals surface area contributed by atoms with Crippen LogP contribution in [-0.4, -0.2) is 5.78 Å². The van der Waals surface area contributed by atoms with Gasteiger partial charge in [0.15, 0.2) is 17.3 Å². The minimum absolute atomic E-state index is 0.0627. The molecular weight excluding hydrogens is 255 g/mol. The Morgan fingerprint density at radius 2 is 1.83 bits per heavy atom. The molecule has 0 aliphatic rings. The van der Waals surface area contributed by atoms with Crippen LogP contribution in [0.25, 0.3) is 0 Å². The van der Waals surface area contributed by atoms with E-state index in [9.17, 15) is 9.18 Å². The minimum atomic E-state index is -0.572. The van der Waals surface area contributed by atoms with Crippen molar-refractivity contribution in [3.63, 3.8) is 0 Å². The summed E-state index contributed by atoms with van der Waals surface area (Å²) in [5.41, 5.74) is 0.213. The third-order valence-corrected chi connectivity index (χ3v) is 2.63. The maximum Gasteiger partial charge on any atom is 0.173 e. The molecule has 0 amide bonds. The smallest absolute Gasteiger partial charge is 0.173 e. The Hall–Kier alpha value is -1.87. The zero-order valence-corrected chi connectivity index (χ0v) is 10.4. The van der Waals surface area contributed by atoms with E-state index in [2.05, 4.69) is 0 Å². The summed E-state index contributed by atoms with van der Waals surface area (Å²) >= 11 is 5.74. The van der Waals surface area contributed by atoms with E-state index in [1.54, 1.807) is 24.3 Å². The lowest BCUT2D eigenvalue weighted by Gasteiger charge is -2.10. The summed E-state index contributed by atoms with van der Waals surface area (Å²) in [5, 5.41) is 0.558. The highest BCUT2D eigenvalue weighted by atomic mass is 35.5. The quantitative estimate of drug-likeness (QED) is 0.765. The number of ether oxygens (including phenoxy) is 1. The zero-order valence-electron chi connectivity index (χ0n) is 9.61. The first-order chi connectivity index (χ1) is 8.58. The second-order valence-corrected chi connectivity index (χ2v) is 4.17. The molecule has 0 saturated carbocycles. The summed E-state index contributed by atoms with van der Waals surface area (Å²) in [6.07, 6.45) is 0. The van der Waals surface area contributed by atoms with Crippen molar-refractivity contribution in [1.82, 2.24) is 0 Å². The van der Waals surface area contributed by atoms with E-state index in [4.69, 9.17) is 16.3 Å². The van der Waals surface area contributed by atoms with Crippen molar-refractivity contribution in [3.8, 4) is 11.5 Å². The van der Waals surface area contributed by atoms with Gasteiger partial charge < -0.3 is 4.74 Å². The molecule has 0 heterocycles. The third kappa shape index (κ3) is 2.68. The summed E-state index contributed by atoms with van der Waals surface area (Å²) in [5.74, 6) is -0.463. The fourth-order valence-electron chi connectivity index (χ4n) is 1.51. The molecule has 0 spiro atoms. The van der Waals surface area contributed by atoms with Crippen LogP contribution in [0.15, 0.2) is 42.5 Å². The van der Waals surface area contributed by atoms with Gasteiger partial charge >= 0.3 is 0 Å². The molecule has 18 heavy (non-hydrogen) atoms. The van der Waals surface area contributed by atoms with Gasteiger partial charge in [0.05, 0.1) is 5.56 Å². The van der Waals surface area contributed by atoms with Gasteiger partial charge in [-0.1, -0.05) is 17.7 Å². The molecule has 0 fully saturated rings. The first-order valence-electron chi connectivity index (χ1n) is 5.31. The molecule has 0 aliphatic carbocycles. The van der Waals surface area contributed by atoms with Gasteiger partial charge in [-0.05, 0) is 43.3 Å². The molecule has 0 aliphatic heterocycles. The van der Waals surface area contributed by atoms with Crippen molar-refractivity contribution < 1.29 is 13.9 Å². The van der Waals surface area contributed by atoms with Crippen molar-refractivity contribution in [2.45, 2.75) is 6.92 Å². The Kier molecular flexibility index (Phi) is 3.63. The molecule has 2 nitrogen and oxygen atoms in total. The van der Waals surface area contributed by atoms with Crippen LogP contribution in [0.4, 0.5) is 4.39 Å². The Labute approximate surface area is 109 Å². The summed E-state index contributed by atoms with van der Waals surface area (Å²) in [7, 11) is 0. The molecule has 0 unspecified atom stereocenters. The van der Waals surface area contributed by atoms with Crippen LogP contribution in [0.3, 0.4) is 0 Å². The van der Waals surface area contributed by atoms with Gasteiger partial charge in [-0.25, -0.2) is 4.39 Å². The van der Waals surface area contributed by atoms with Gasteiger partial charge in [-0.2, -0.15) is 0 Å². The van der Waals surface area contributed by atoms with Crippen molar-refractivity contribution in [2.75, 3.05) is 0 Å². The van der Waals surface area contributed by atoms with Crippen LogP contribution in [0.5, 0.6) is 11.5 Å². The standard InChI is InChI=1S/C14H10ClFO2/c1-9(17)12-3-2-4-13(16)14(12)18-11-7-5-10(15)6-8-11/h2-8H,1H3. The van der Waals surface area contributed by atoms with Crippen LogP contribution in [-0.2, 0) is 0 Å². The summed E-state index contributed by atoms with van der Waals surface area (Å²) < 4.78 is 19.1. The van der Waals surface area contributed by atoms with Crippen molar-refractivity contribution in [2.24, 2.45) is 0 Å². The largest absolute Gasteiger partial charge is 0.454 e. The van der Waals surface area contributed by atoms with E-state index >= 15 is 0 Å². The van der Waals surface area contributed by atoms with Gasteiger partial charge in [0.25, 0.3) is 0 Å². The average molecular weight is 265 g/mol. The zero-order chi connectivity index (χ0) is 13.1. The number of hydrogen-bond donors (Lipinski definition) is 0. The number of Topliss-reactive ketones (excluding diaryl/α,β-unsaturated/α-hetero) is 1. The third-order valence-electron chi connectivity index (χ3n) is 2.38. The number of benzene rings is 2. The number of carbonyl (C=O) groups is 1. The van der Waals surface area contributed by atoms with E-state index in [0.717, 1.165) is 0 Å². The van der Waals surface area contributed by atoms with Gasteiger partial charge in [0, 0.05) is 5.02 Å². The fourth-order valence-corrected chi connectivity index (χ4v) is 1.64. The van der Waals surface area contributed by atoms with Crippen LogP contribution < -0.4 is 4.74 Å². The first-order valence-corrected chi connectivity index (χ1v) is 5.68. The second kappa shape index (κ2) is 5.19. The maximum absolute atomic E-state index is 13.7. The average Bonchev–Trinajstić information content (AvgIpc) is 2.34. The second-order valence-electron chi connectivity index (χ2n) is 3.73. The molecule has 0 N–H and O–H groups in total. The normalized spacial score (nSPS) is 10.2. The highest BCUT2D eigenvalue weighted by Crippen LogP contribution is 2.29. The lowest BCUT2D eigenvalue weighted by molar-refractivity contribution is 0.101. The lowest BCUT2D eigenvalue weighted by atomic mass is 10.1. The van der Waals surface area contributed by atoms with Crippen LogP contribution in [0, 0.1) is 5.82 Å². The number of rotatable bonds is 3. The predicted octanol–water partition coefficient (Wildman–Crippen LogP) is 4.47. The van der Waals surface area contributed by atoms with E-state index in [0.29, 0.717) is 10.8 Å². The molecule has 0 radical (unpaired) electrons. The topological polar surface area (TPSA) is 26.3 Å². The van der Waals surface area contributed by atoms with E-state index in [-0.39, 0.29) is 17.1 Å².